The molecule has 5 rings (SSSR count). The van der Waals surface area contributed by atoms with Crippen molar-refractivity contribution in [2.24, 2.45) is 0 Å². The average Bonchev–Trinajstić information content (AvgIpc) is 3.38. The van der Waals surface area contributed by atoms with E-state index in [4.69, 9.17) is 27.9 Å². The van der Waals surface area contributed by atoms with Crippen LogP contribution < -0.4 is 5.32 Å². The number of halogens is 2. The smallest absolute Gasteiger partial charge is 0.247 e. The highest BCUT2D eigenvalue weighted by molar-refractivity contribution is 6.32. The number of aliphatic hydroxyl groups excluding tert-OH is 1. The van der Waals surface area contributed by atoms with Gasteiger partial charge in [-0.25, -0.2) is 4.98 Å². The summed E-state index contributed by atoms with van der Waals surface area (Å²) >= 11 is 12.5. The van der Waals surface area contributed by atoms with E-state index in [2.05, 4.69) is 33.3 Å². The van der Waals surface area contributed by atoms with Crippen LogP contribution >= 0.6 is 23.2 Å². The van der Waals surface area contributed by atoms with E-state index in [0.717, 1.165) is 47.3 Å². The second-order valence-corrected chi connectivity index (χ2v) is 10.2. The zero-order valence-corrected chi connectivity index (χ0v) is 20.4. The molecule has 180 valence electrons. The standard InChI is InChI=1S/C24H27Cl2N5O3/c1-24(14-34-13-21(24)32)30-4-2-15(3-5-30)19-6-16-8-22(27-9-17(16)7-20(19)26)29-23(33)12-31-11-18(25)10-28-31/h6-11,15,21,32H,2-5,12-14H2,1H3,(H,27,29,33). The Morgan fingerprint density at radius 1 is 1.24 bits per heavy atom. The Morgan fingerprint density at radius 3 is 2.71 bits per heavy atom. The van der Waals surface area contributed by atoms with Crippen molar-refractivity contribution in [1.29, 1.82) is 0 Å². The van der Waals surface area contributed by atoms with Crippen LogP contribution in [0.5, 0.6) is 0 Å². The molecule has 4 heterocycles. The molecule has 0 saturated carbocycles. The molecule has 0 radical (unpaired) electrons. The lowest BCUT2D eigenvalue weighted by molar-refractivity contribution is -0.116. The maximum absolute atomic E-state index is 12.4. The molecule has 1 amide bonds. The highest BCUT2D eigenvalue weighted by atomic mass is 35.5. The largest absolute Gasteiger partial charge is 0.389 e. The molecule has 2 aromatic heterocycles. The average molecular weight is 504 g/mol. The Balaban J connectivity index is 1.29. The summed E-state index contributed by atoms with van der Waals surface area (Å²) in [4.78, 5) is 19.1. The highest BCUT2D eigenvalue weighted by Gasteiger charge is 2.45. The fraction of sp³-hybridized carbons (Fsp3) is 0.458. The summed E-state index contributed by atoms with van der Waals surface area (Å²) in [6, 6.07) is 5.92. The van der Waals surface area contributed by atoms with Gasteiger partial charge >= 0.3 is 0 Å². The van der Waals surface area contributed by atoms with E-state index < -0.39 is 6.10 Å². The van der Waals surface area contributed by atoms with Crippen molar-refractivity contribution in [3.63, 3.8) is 0 Å². The second kappa shape index (κ2) is 9.43. The number of ether oxygens (including phenoxy) is 1. The number of fused-ring (bicyclic) bond motifs is 1. The first-order chi connectivity index (χ1) is 16.3. The molecule has 1 aromatic carbocycles. The molecule has 3 aromatic rings. The van der Waals surface area contributed by atoms with Gasteiger partial charge in [0.2, 0.25) is 5.91 Å². The molecule has 2 aliphatic heterocycles. The fourth-order valence-corrected chi connectivity index (χ4v) is 5.46. The predicted octanol–water partition coefficient (Wildman–Crippen LogP) is 3.71. The SMILES string of the molecule is CC1(N2CCC(c3cc4cc(NC(=O)Cn5cc(Cl)cn5)ncc4cc3Cl)CC2)COCC1O. The summed E-state index contributed by atoms with van der Waals surface area (Å²) in [5, 5.41) is 20.3. The molecule has 2 atom stereocenters. The number of benzene rings is 1. The van der Waals surface area contributed by atoms with Crippen molar-refractivity contribution in [2.75, 3.05) is 31.6 Å². The third-order valence-corrected chi connectivity index (χ3v) is 7.58. The molecular formula is C24H27Cl2N5O3. The first-order valence-corrected chi connectivity index (χ1v) is 12.2. The Kier molecular flexibility index (Phi) is 6.52. The van der Waals surface area contributed by atoms with Crippen LogP contribution in [0.1, 0.15) is 31.2 Å². The summed E-state index contributed by atoms with van der Waals surface area (Å²) in [5.41, 5.74) is 0.787. The van der Waals surface area contributed by atoms with Gasteiger partial charge < -0.3 is 15.2 Å². The Labute approximate surface area is 207 Å². The zero-order chi connectivity index (χ0) is 23.9. The second-order valence-electron chi connectivity index (χ2n) is 9.34. The molecule has 2 aliphatic rings. The van der Waals surface area contributed by atoms with E-state index in [1.807, 2.05) is 12.1 Å². The first kappa shape index (κ1) is 23.5. The quantitative estimate of drug-likeness (QED) is 0.551. The molecule has 10 heteroatoms. The summed E-state index contributed by atoms with van der Waals surface area (Å²) in [6.45, 7) is 4.85. The number of aliphatic hydroxyl groups is 1. The minimum Gasteiger partial charge on any atom is -0.389 e. The fourth-order valence-electron chi connectivity index (χ4n) is 4.98. The van der Waals surface area contributed by atoms with Gasteiger partial charge in [-0.3, -0.25) is 14.4 Å². The predicted molar refractivity (Wildman–Crippen MR) is 131 cm³/mol. The monoisotopic (exact) mass is 503 g/mol. The maximum Gasteiger partial charge on any atom is 0.247 e. The topological polar surface area (TPSA) is 92.5 Å². The van der Waals surface area contributed by atoms with Gasteiger partial charge in [-0.1, -0.05) is 23.2 Å². The van der Waals surface area contributed by atoms with E-state index in [-0.39, 0.29) is 18.0 Å². The molecule has 2 saturated heterocycles. The van der Waals surface area contributed by atoms with Crippen LogP contribution in [0.3, 0.4) is 0 Å². The molecule has 0 spiro atoms. The normalized spacial score (nSPS) is 24.1. The number of amides is 1. The van der Waals surface area contributed by atoms with E-state index in [9.17, 15) is 9.90 Å². The van der Waals surface area contributed by atoms with Crippen LogP contribution in [0.2, 0.25) is 10.0 Å². The van der Waals surface area contributed by atoms with Crippen molar-refractivity contribution >= 4 is 45.7 Å². The van der Waals surface area contributed by atoms with Crippen molar-refractivity contribution in [3.05, 3.63) is 52.4 Å². The van der Waals surface area contributed by atoms with Crippen LogP contribution in [0.15, 0.2) is 36.8 Å². The molecule has 2 unspecified atom stereocenters. The van der Waals surface area contributed by atoms with Gasteiger partial charge in [0.15, 0.2) is 0 Å². The molecule has 0 aliphatic carbocycles. The van der Waals surface area contributed by atoms with Gasteiger partial charge in [-0.05, 0) is 67.9 Å². The highest BCUT2D eigenvalue weighted by Crippen LogP contribution is 2.38. The number of hydrogen-bond acceptors (Lipinski definition) is 6. The number of piperidine rings is 1. The van der Waals surface area contributed by atoms with E-state index in [0.29, 0.717) is 30.0 Å². The van der Waals surface area contributed by atoms with Crippen LogP contribution in [0, 0.1) is 0 Å². The van der Waals surface area contributed by atoms with Gasteiger partial charge in [0.05, 0.1) is 36.1 Å². The minimum atomic E-state index is -0.459. The van der Waals surface area contributed by atoms with Gasteiger partial charge in [0.25, 0.3) is 0 Å². The molecule has 34 heavy (non-hydrogen) atoms. The molecular weight excluding hydrogens is 477 g/mol. The summed E-state index contributed by atoms with van der Waals surface area (Å²) in [5.74, 6) is 0.564. The Bertz CT molecular complexity index is 1210. The van der Waals surface area contributed by atoms with Crippen LogP contribution in [-0.4, -0.2) is 68.6 Å². The van der Waals surface area contributed by atoms with Crippen LogP contribution in [-0.2, 0) is 16.1 Å². The molecule has 2 N–H and O–H groups in total. The first-order valence-electron chi connectivity index (χ1n) is 11.4. The number of carbonyl (C=O) groups excluding carboxylic acids is 1. The van der Waals surface area contributed by atoms with Crippen molar-refractivity contribution in [2.45, 2.75) is 43.9 Å². The van der Waals surface area contributed by atoms with Crippen molar-refractivity contribution in [3.8, 4) is 0 Å². The number of nitrogens with zero attached hydrogens (tertiary/aromatic N) is 4. The summed E-state index contributed by atoms with van der Waals surface area (Å²) < 4.78 is 6.99. The van der Waals surface area contributed by atoms with Gasteiger partial charge in [0, 0.05) is 22.8 Å². The lowest BCUT2D eigenvalue weighted by Gasteiger charge is -2.43. The zero-order valence-electron chi connectivity index (χ0n) is 18.9. The number of carbonyl (C=O) groups is 1. The Morgan fingerprint density at radius 2 is 2.03 bits per heavy atom. The maximum atomic E-state index is 12.4. The lowest BCUT2D eigenvalue weighted by atomic mass is 9.85. The van der Waals surface area contributed by atoms with Gasteiger partial charge in [-0.15, -0.1) is 0 Å². The lowest BCUT2D eigenvalue weighted by Crippen LogP contribution is -2.56. The van der Waals surface area contributed by atoms with Gasteiger partial charge in [0.1, 0.15) is 12.4 Å². The van der Waals surface area contributed by atoms with E-state index in [1.54, 1.807) is 12.4 Å². The summed E-state index contributed by atoms with van der Waals surface area (Å²) in [7, 11) is 0. The number of hydrogen-bond donors (Lipinski definition) is 2. The minimum absolute atomic E-state index is 0.0511. The third kappa shape index (κ3) is 4.65. The number of likely N-dealkylation sites (tertiary alicyclic amines) is 1. The molecule has 2 fully saturated rings. The van der Waals surface area contributed by atoms with E-state index in [1.165, 1.54) is 10.9 Å². The number of rotatable bonds is 5. The molecule has 8 nitrogen and oxygen atoms in total. The van der Waals surface area contributed by atoms with Crippen LogP contribution in [0.25, 0.3) is 10.8 Å². The number of aromatic nitrogens is 3. The van der Waals surface area contributed by atoms with Crippen molar-refractivity contribution in [1.82, 2.24) is 19.7 Å². The summed E-state index contributed by atoms with van der Waals surface area (Å²) in [6.07, 6.45) is 6.25. The third-order valence-electron chi connectivity index (χ3n) is 7.06. The van der Waals surface area contributed by atoms with Crippen molar-refractivity contribution < 1.29 is 14.6 Å². The number of pyridine rings is 1. The number of anilines is 1. The Hall–Kier alpha value is -2.23. The molecule has 0 bridgehead atoms. The number of nitrogens with one attached hydrogen (secondary N) is 1. The van der Waals surface area contributed by atoms with Gasteiger partial charge in [-0.2, -0.15) is 5.10 Å². The van der Waals surface area contributed by atoms with Crippen LogP contribution in [0.4, 0.5) is 5.82 Å². The van der Waals surface area contributed by atoms with E-state index >= 15 is 0 Å².